The molecule has 9 heteroatoms. The fourth-order valence-electron chi connectivity index (χ4n) is 2.52. The molecule has 3 aromatic rings. The Morgan fingerprint density at radius 3 is 2.24 bits per heavy atom. The van der Waals surface area contributed by atoms with Gasteiger partial charge >= 0.3 is 0 Å². The minimum absolute atomic E-state index is 0.265. The van der Waals surface area contributed by atoms with Crippen LogP contribution in [0.5, 0.6) is 23.0 Å². The van der Waals surface area contributed by atoms with Gasteiger partial charge in [-0.05, 0) is 31.2 Å². The van der Waals surface area contributed by atoms with Gasteiger partial charge in [-0.15, -0.1) is 10.2 Å². The fraction of sp³-hybridized carbons (Fsp3) is 0.250. The predicted octanol–water partition coefficient (Wildman–Crippen LogP) is 3.70. The van der Waals surface area contributed by atoms with Crippen LogP contribution in [0.15, 0.2) is 36.4 Å². The molecule has 3 rings (SSSR count). The summed E-state index contributed by atoms with van der Waals surface area (Å²) < 4.78 is 21.5. The number of carbonyl (C=O) groups excluding carboxylic acids is 1. The van der Waals surface area contributed by atoms with Gasteiger partial charge in [0.25, 0.3) is 5.91 Å². The second-order valence-electron chi connectivity index (χ2n) is 5.97. The van der Waals surface area contributed by atoms with Crippen molar-refractivity contribution in [1.29, 1.82) is 0 Å². The molecule has 29 heavy (non-hydrogen) atoms. The zero-order valence-corrected chi connectivity index (χ0v) is 17.3. The highest BCUT2D eigenvalue weighted by molar-refractivity contribution is 7.15. The summed E-state index contributed by atoms with van der Waals surface area (Å²) in [5.74, 6) is 1.57. The third kappa shape index (κ3) is 4.94. The average molecular weight is 415 g/mol. The Bertz CT molecular complexity index is 963. The summed E-state index contributed by atoms with van der Waals surface area (Å²) in [4.78, 5) is 12.6. The molecule has 2 aromatic carbocycles. The van der Waals surface area contributed by atoms with E-state index in [-0.39, 0.29) is 12.5 Å². The third-order valence-corrected chi connectivity index (χ3v) is 4.81. The molecular weight excluding hydrogens is 394 g/mol. The van der Waals surface area contributed by atoms with Crippen molar-refractivity contribution in [3.05, 3.63) is 52.5 Å². The highest BCUT2D eigenvalue weighted by Crippen LogP contribution is 2.38. The van der Waals surface area contributed by atoms with Crippen molar-refractivity contribution in [2.75, 3.05) is 26.6 Å². The number of nitrogens with one attached hydrogen (secondary N) is 1. The van der Waals surface area contributed by atoms with E-state index in [0.717, 1.165) is 11.3 Å². The third-order valence-electron chi connectivity index (χ3n) is 4.00. The monoisotopic (exact) mass is 415 g/mol. The predicted molar refractivity (Wildman–Crippen MR) is 109 cm³/mol. The molecule has 0 spiro atoms. The second-order valence-corrected chi connectivity index (χ2v) is 7.03. The molecule has 0 fully saturated rings. The lowest BCUT2D eigenvalue weighted by Gasteiger charge is -2.13. The van der Waals surface area contributed by atoms with Crippen molar-refractivity contribution >= 4 is 22.4 Å². The lowest BCUT2D eigenvalue weighted by Crippen LogP contribution is -2.12. The van der Waals surface area contributed by atoms with E-state index in [1.807, 2.05) is 31.2 Å². The first-order chi connectivity index (χ1) is 14.0. The zero-order valence-electron chi connectivity index (χ0n) is 16.5. The number of hydrogen-bond acceptors (Lipinski definition) is 8. The Labute approximate surface area is 172 Å². The van der Waals surface area contributed by atoms with Gasteiger partial charge in [0, 0.05) is 5.56 Å². The van der Waals surface area contributed by atoms with Crippen LogP contribution in [0.1, 0.15) is 20.9 Å². The molecule has 0 unspecified atom stereocenters. The number of anilines is 1. The van der Waals surface area contributed by atoms with Crippen molar-refractivity contribution in [3.63, 3.8) is 0 Å². The van der Waals surface area contributed by atoms with Crippen molar-refractivity contribution in [2.24, 2.45) is 0 Å². The zero-order chi connectivity index (χ0) is 20.8. The summed E-state index contributed by atoms with van der Waals surface area (Å²) in [6.07, 6.45) is 0. The number of aromatic nitrogens is 2. The Morgan fingerprint density at radius 1 is 1.00 bits per heavy atom. The first kappa shape index (κ1) is 20.4. The molecule has 0 bridgehead atoms. The Hall–Kier alpha value is -3.33. The second kappa shape index (κ2) is 9.24. The number of nitrogens with zero attached hydrogens (tertiary/aromatic N) is 2. The van der Waals surface area contributed by atoms with E-state index in [2.05, 4.69) is 15.5 Å². The molecule has 0 saturated carbocycles. The number of hydrogen-bond donors (Lipinski definition) is 1. The maximum atomic E-state index is 12.6. The maximum Gasteiger partial charge on any atom is 0.257 e. The van der Waals surface area contributed by atoms with Gasteiger partial charge in [-0.2, -0.15) is 0 Å². The molecule has 1 N–H and O–H groups in total. The molecule has 1 heterocycles. The SMILES string of the molecule is COc1cc(C(=O)Nc2nnc(COc3ccc(C)cc3)s2)cc(OC)c1OC. The molecule has 0 aliphatic heterocycles. The fourth-order valence-corrected chi connectivity index (χ4v) is 3.17. The molecule has 1 aromatic heterocycles. The van der Waals surface area contributed by atoms with E-state index in [9.17, 15) is 4.79 Å². The van der Waals surface area contributed by atoms with Crippen molar-refractivity contribution in [1.82, 2.24) is 10.2 Å². The van der Waals surface area contributed by atoms with Crippen LogP contribution in [0, 0.1) is 6.92 Å². The van der Waals surface area contributed by atoms with Crippen LogP contribution in [-0.2, 0) is 6.61 Å². The molecule has 152 valence electrons. The summed E-state index contributed by atoms with van der Waals surface area (Å²) in [5.41, 5.74) is 1.50. The van der Waals surface area contributed by atoms with Crippen molar-refractivity contribution < 1.29 is 23.7 Å². The molecule has 8 nitrogen and oxygen atoms in total. The van der Waals surface area contributed by atoms with Gasteiger partial charge in [0.1, 0.15) is 12.4 Å². The topological polar surface area (TPSA) is 91.8 Å². The summed E-state index contributed by atoms with van der Waals surface area (Å²) >= 11 is 1.24. The summed E-state index contributed by atoms with van der Waals surface area (Å²) in [6.45, 7) is 2.28. The van der Waals surface area contributed by atoms with E-state index in [0.29, 0.717) is 33.0 Å². The van der Waals surface area contributed by atoms with Crippen LogP contribution in [0.25, 0.3) is 0 Å². The lowest BCUT2D eigenvalue weighted by atomic mass is 10.1. The molecular formula is C20H21N3O5S. The lowest BCUT2D eigenvalue weighted by molar-refractivity contribution is 0.102. The molecule has 0 aliphatic rings. The number of carbonyl (C=O) groups is 1. The molecule has 0 radical (unpaired) electrons. The van der Waals surface area contributed by atoms with Gasteiger partial charge in [-0.3, -0.25) is 10.1 Å². The minimum atomic E-state index is -0.369. The normalized spacial score (nSPS) is 10.3. The van der Waals surface area contributed by atoms with E-state index >= 15 is 0 Å². The van der Waals surface area contributed by atoms with Crippen LogP contribution < -0.4 is 24.3 Å². The Kier molecular flexibility index (Phi) is 6.50. The Balaban J connectivity index is 1.67. The largest absolute Gasteiger partial charge is 0.493 e. The number of aryl methyl sites for hydroxylation is 1. The highest BCUT2D eigenvalue weighted by Gasteiger charge is 2.18. The van der Waals surface area contributed by atoms with E-state index < -0.39 is 0 Å². The molecule has 0 saturated heterocycles. The van der Waals surface area contributed by atoms with Crippen LogP contribution in [0.4, 0.5) is 5.13 Å². The van der Waals surface area contributed by atoms with Crippen molar-refractivity contribution in [2.45, 2.75) is 13.5 Å². The summed E-state index contributed by atoms with van der Waals surface area (Å²) in [7, 11) is 4.48. The van der Waals surface area contributed by atoms with Crippen LogP contribution in [0.3, 0.4) is 0 Å². The van der Waals surface area contributed by atoms with Gasteiger partial charge in [0.15, 0.2) is 16.5 Å². The van der Waals surface area contributed by atoms with Crippen LogP contribution in [0.2, 0.25) is 0 Å². The number of methoxy groups -OCH3 is 3. The maximum absolute atomic E-state index is 12.6. The number of benzene rings is 2. The van der Waals surface area contributed by atoms with Gasteiger partial charge in [0.2, 0.25) is 10.9 Å². The number of rotatable bonds is 8. The first-order valence-electron chi connectivity index (χ1n) is 8.67. The summed E-state index contributed by atoms with van der Waals surface area (Å²) in [6, 6.07) is 10.9. The standard InChI is InChI=1S/C20H21N3O5S/c1-12-5-7-14(8-6-12)28-11-17-22-23-20(29-17)21-19(24)13-9-15(25-2)18(27-4)16(10-13)26-3/h5-10H,11H2,1-4H3,(H,21,23,24). The smallest absolute Gasteiger partial charge is 0.257 e. The molecule has 0 atom stereocenters. The van der Waals surface area contributed by atoms with Crippen molar-refractivity contribution in [3.8, 4) is 23.0 Å². The van der Waals surface area contributed by atoms with E-state index in [1.54, 1.807) is 12.1 Å². The van der Waals surface area contributed by atoms with E-state index in [4.69, 9.17) is 18.9 Å². The van der Waals surface area contributed by atoms with Gasteiger partial charge < -0.3 is 18.9 Å². The van der Waals surface area contributed by atoms with Crippen LogP contribution >= 0.6 is 11.3 Å². The van der Waals surface area contributed by atoms with Gasteiger partial charge in [-0.25, -0.2) is 0 Å². The molecule has 1 amide bonds. The van der Waals surface area contributed by atoms with Gasteiger partial charge in [0.05, 0.1) is 21.3 Å². The van der Waals surface area contributed by atoms with E-state index in [1.165, 1.54) is 32.7 Å². The summed E-state index contributed by atoms with van der Waals surface area (Å²) in [5, 5.41) is 11.8. The van der Waals surface area contributed by atoms with Crippen LogP contribution in [-0.4, -0.2) is 37.4 Å². The number of amides is 1. The van der Waals surface area contributed by atoms with Gasteiger partial charge in [-0.1, -0.05) is 29.0 Å². The average Bonchev–Trinajstić information content (AvgIpc) is 3.19. The first-order valence-corrected chi connectivity index (χ1v) is 9.49. The highest BCUT2D eigenvalue weighted by atomic mass is 32.1. The Morgan fingerprint density at radius 2 is 1.66 bits per heavy atom. The quantitative estimate of drug-likeness (QED) is 0.600. The number of ether oxygens (including phenoxy) is 4. The molecule has 0 aliphatic carbocycles. The minimum Gasteiger partial charge on any atom is -0.493 e.